The highest BCUT2D eigenvalue weighted by Gasteiger charge is 2.39. The molecule has 12 heteroatoms. The summed E-state index contributed by atoms with van der Waals surface area (Å²) in [4.78, 5) is 18.8. The van der Waals surface area contributed by atoms with Crippen LogP contribution in [0.1, 0.15) is 55.8 Å². The van der Waals surface area contributed by atoms with E-state index in [0.717, 1.165) is 18.2 Å². The molecule has 1 amide bonds. The topological polar surface area (TPSA) is 72.3 Å². The number of aromatic nitrogens is 3. The zero-order chi connectivity index (χ0) is 27.5. The van der Waals surface area contributed by atoms with Crippen LogP contribution in [0.4, 0.5) is 22.0 Å². The molecule has 0 radical (unpaired) electrons. The molecule has 0 bridgehead atoms. The Morgan fingerprint density at radius 2 is 1.95 bits per heavy atom. The largest absolute Gasteiger partial charge is 0.465 e. The van der Waals surface area contributed by atoms with Gasteiger partial charge in [-0.2, -0.15) is 17.6 Å². The summed E-state index contributed by atoms with van der Waals surface area (Å²) >= 11 is 0. The van der Waals surface area contributed by atoms with Crippen LogP contribution in [0.5, 0.6) is 5.88 Å². The molecule has 3 heterocycles. The van der Waals surface area contributed by atoms with Gasteiger partial charge >= 0.3 is 6.18 Å². The number of amides is 1. The summed E-state index contributed by atoms with van der Waals surface area (Å²) < 4.78 is 74.0. The number of halogens is 5. The van der Waals surface area contributed by atoms with Crippen LogP contribution in [0.25, 0.3) is 0 Å². The SMILES string of the molecule is C[C@@H](Oc1ccc2c(n1)CCN(CCC1(F)CCC(NC(=O)Cc3cn(C)nc3F)CC1)CC2)C(F)(F)F. The summed E-state index contributed by atoms with van der Waals surface area (Å²) in [6, 6.07) is 3.10. The van der Waals surface area contributed by atoms with Crippen molar-refractivity contribution in [1.82, 2.24) is 25.0 Å². The van der Waals surface area contributed by atoms with E-state index in [1.54, 1.807) is 13.1 Å². The van der Waals surface area contributed by atoms with E-state index in [9.17, 15) is 22.4 Å². The minimum absolute atomic E-state index is 0.0424. The van der Waals surface area contributed by atoms with Gasteiger partial charge < -0.3 is 15.0 Å². The number of hydrogen-bond donors (Lipinski definition) is 1. The van der Waals surface area contributed by atoms with Crippen molar-refractivity contribution in [3.63, 3.8) is 0 Å². The number of pyridine rings is 1. The molecule has 0 aromatic carbocycles. The van der Waals surface area contributed by atoms with Gasteiger partial charge in [-0.1, -0.05) is 6.07 Å². The highest BCUT2D eigenvalue weighted by molar-refractivity contribution is 5.78. The molecule has 0 unspecified atom stereocenters. The Hall–Kier alpha value is -2.76. The van der Waals surface area contributed by atoms with Crippen LogP contribution in [0.15, 0.2) is 18.3 Å². The highest BCUT2D eigenvalue weighted by atomic mass is 19.4. The molecular formula is C26H34F5N5O2. The number of nitrogens with one attached hydrogen (secondary N) is 1. The Morgan fingerprint density at radius 1 is 1.24 bits per heavy atom. The van der Waals surface area contributed by atoms with Crippen LogP contribution >= 0.6 is 0 Å². The maximum Gasteiger partial charge on any atom is 0.425 e. The third-order valence-corrected chi connectivity index (χ3v) is 7.49. The van der Waals surface area contributed by atoms with E-state index in [4.69, 9.17) is 4.74 Å². The Kier molecular flexibility index (Phi) is 8.59. The van der Waals surface area contributed by atoms with Crippen molar-refractivity contribution in [2.75, 3.05) is 19.6 Å². The normalized spacial score (nSPS) is 23.4. The summed E-state index contributed by atoms with van der Waals surface area (Å²) in [5.41, 5.74) is 0.603. The van der Waals surface area contributed by atoms with Gasteiger partial charge in [-0.25, -0.2) is 9.37 Å². The highest BCUT2D eigenvalue weighted by Crippen LogP contribution is 2.35. The van der Waals surface area contributed by atoms with Crippen LogP contribution < -0.4 is 10.1 Å². The summed E-state index contributed by atoms with van der Waals surface area (Å²) in [6.45, 7) is 2.87. The first kappa shape index (κ1) is 28.3. The fourth-order valence-electron chi connectivity index (χ4n) is 5.11. The molecule has 1 atom stereocenters. The molecular weight excluding hydrogens is 509 g/mol. The predicted molar refractivity (Wildman–Crippen MR) is 130 cm³/mol. The van der Waals surface area contributed by atoms with Gasteiger partial charge in [0.15, 0.2) is 6.10 Å². The molecule has 7 nitrogen and oxygen atoms in total. The van der Waals surface area contributed by atoms with Crippen molar-refractivity contribution < 1.29 is 31.5 Å². The van der Waals surface area contributed by atoms with E-state index in [1.807, 2.05) is 0 Å². The van der Waals surface area contributed by atoms with Gasteiger partial charge in [0.05, 0.1) is 6.42 Å². The second-order valence-electron chi connectivity index (χ2n) is 10.4. The van der Waals surface area contributed by atoms with Crippen LogP contribution in [0.2, 0.25) is 0 Å². The summed E-state index contributed by atoms with van der Waals surface area (Å²) in [5.74, 6) is -1.00. The third kappa shape index (κ3) is 7.42. The molecule has 2 aliphatic rings. The minimum Gasteiger partial charge on any atom is -0.465 e. The number of carbonyl (C=O) groups is 1. The first-order chi connectivity index (χ1) is 17.9. The molecule has 4 rings (SSSR count). The predicted octanol–water partition coefficient (Wildman–Crippen LogP) is 4.08. The molecule has 0 saturated heterocycles. The first-order valence-electron chi connectivity index (χ1n) is 13.0. The Labute approximate surface area is 218 Å². The van der Waals surface area contributed by atoms with Gasteiger partial charge in [0.25, 0.3) is 0 Å². The zero-order valence-corrected chi connectivity index (χ0v) is 21.7. The molecule has 38 heavy (non-hydrogen) atoms. The molecule has 1 aliphatic heterocycles. The molecule has 2 aromatic heterocycles. The van der Waals surface area contributed by atoms with Crippen molar-refractivity contribution in [1.29, 1.82) is 0 Å². The van der Waals surface area contributed by atoms with Gasteiger partial charge in [0.2, 0.25) is 17.7 Å². The lowest BCUT2D eigenvalue weighted by molar-refractivity contribution is -0.190. The first-order valence-corrected chi connectivity index (χ1v) is 13.0. The average Bonchev–Trinajstić information content (AvgIpc) is 3.03. The van der Waals surface area contributed by atoms with Crippen LogP contribution in [-0.4, -0.2) is 69.2 Å². The summed E-state index contributed by atoms with van der Waals surface area (Å²) in [7, 11) is 1.59. The number of fused-ring (bicyclic) bond motifs is 1. The molecule has 210 valence electrons. The Morgan fingerprint density at radius 3 is 2.61 bits per heavy atom. The van der Waals surface area contributed by atoms with Crippen molar-refractivity contribution in [2.45, 2.75) is 82.3 Å². The zero-order valence-electron chi connectivity index (χ0n) is 21.7. The van der Waals surface area contributed by atoms with Crippen LogP contribution in [0, 0.1) is 5.95 Å². The van der Waals surface area contributed by atoms with Gasteiger partial charge in [0, 0.05) is 62.7 Å². The number of carbonyl (C=O) groups excluding carboxylic acids is 1. The number of aryl methyl sites for hydroxylation is 1. The fourth-order valence-corrected chi connectivity index (χ4v) is 5.11. The monoisotopic (exact) mass is 543 g/mol. The Balaban J connectivity index is 1.21. The van der Waals surface area contributed by atoms with Crippen molar-refractivity contribution in [3.8, 4) is 5.88 Å². The van der Waals surface area contributed by atoms with Crippen molar-refractivity contribution >= 4 is 5.91 Å². The lowest BCUT2D eigenvalue weighted by Crippen LogP contribution is -2.43. The van der Waals surface area contributed by atoms with Gasteiger partial charge in [-0.15, -0.1) is 5.10 Å². The quantitative estimate of drug-likeness (QED) is 0.508. The standard InChI is InChI=1S/C26H34F5N5O2/c1-17(26(29,30)31)38-23-4-3-18-7-12-36(13-8-21(18)33-23)14-11-25(28)9-5-20(6-10-25)32-22(37)15-19-16-35(2)34-24(19)27/h3-4,16-17,20H,5-15H2,1-2H3,(H,32,37)/t17-,20?,25?/m1/s1. The van der Waals surface area contributed by atoms with E-state index < -0.39 is 23.9 Å². The van der Waals surface area contributed by atoms with Gasteiger partial charge in [0.1, 0.15) is 5.67 Å². The average molecular weight is 544 g/mol. The molecule has 1 aliphatic carbocycles. The van der Waals surface area contributed by atoms with Crippen molar-refractivity contribution in [2.24, 2.45) is 7.05 Å². The second kappa shape index (κ2) is 11.5. The second-order valence-corrected chi connectivity index (χ2v) is 10.4. The third-order valence-electron chi connectivity index (χ3n) is 7.49. The van der Waals surface area contributed by atoms with E-state index >= 15 is 4.39 Å². The summed E-state index contributed by atoms with van der Waals surface area (Å²) in [5, 5.41) is 6.49. The molecule has 1 fully saturated rings. The number of alkyl halides is 4. The maximum absolute atomic E-state index is 15.6. The molecule has 1 N–H and O–H groups in total. The van der Waals surface area contributed by atoms with Gasteiger partial charge in [-0.05, 0) is 51.0 Å². The molecule has 0 spiro atoms. The fraction of sp³-hybridized carbons (Fsp3) is 0.654. The van der Waals surface area contributed by atoms with E-state index in [-0.39, 0.29) is 29.8 Å². The van der Waals surface area contributed by atoms with Crippen molar-refractivity contribution in [3.05, 3.63) is 41.1 Å². The molecule has 2 aromatic rings. The number of ether oxygens (including phenoxy) is 1. The lowest BCUT2D eigenvalue weighted by atomic mass is 9.81. The van der Waals surface area contributed by atoms with E-state index in [1.165, 1.54) is 16.9 Å². The van der Waals surface area contributed by atoms with E-state index in [2.05, 4.69) is 20.3 Å². The number of hydrogen-bond acceptors (Lipinski definition) is 5. The smallest absolute Gasteiger partial charge is 0.425 e. The summed E-state index contributed by atoms with van der Waals surface area (Å²) in [6.07, 6.45) is -1.70. The van der Waals surface area contributed by atoms with E-state index in [0.29, 0.717) is 64.6 Å². The lowest BCUT2D eigenvalue weighted by Gasteiger charge is -2.35. The number of nitrogens with zero attached hydrogens (tertiary/aromatic N) is 4. The molecule has 1 saturated carbocycles. The maximum atomic E-state index is 15.6. The number of rotatable bonds is 8. The Bertz CT molecular complexity index is 1110. The van der Waals surface area contributed by atoms with Gasteiger partial charge in [-0.3, -0.25) is 9.48 Å². The van der Waals surface area contributed by atoms with Crippen LogP contribution in [-0.2, 0) is 31.1 Å². The van der Waals surface area contributed by atoms with Crippen LogP contribution in [0.3, 0.4) is 0 Å². The minimum atomic E-state index is -4.46.